The van der Waals surface area contributed by atoms with E-state index in [-0.39, 0.29) is 5.91 Å². The summed E-state index contributed by atoms with van der Waals surface area (Å²) in [6, 6.07) is 16.4. The normalized spacial score (nSPS) is 14.8. The van der Waals surface area contributed by atoms with Gasteiger partial charge < -0.3 is 10.2 Å². The molecule has 1 N–H and O–H groups in total. The first kappa shape index (κ1) is 18.2. The lowest BCUT2D eigenvalue weighted by atomic mass is 10.0. The highest BCUT2D eigenvalue weighted by Crippen LogP contribution is 2.28. The van der Waals surface area contributed by atoms with Gasteiger partial charge in [0.25, 0.3) is 0 Å². The second kappa shape index (κ2) is 8.70. The van der Waals surface area contributed by atoms with Crippen molar-refractivity contribution in [3.8, 4) is 0 Å². The Labute approximate surface area is 156 Å². The summed E-state index contributed by atoms with van der Waals surface area (Å²) >= 11 is 0. The SMILES string of the molecule is CC(C)c1ccc(/C=C/C(=O)Nc2ccccc2N2CCCCC2)cc1. The Bertz CT molecular complexity index is 756. The van der Waals surface area contributed by atoms with Crippen molar-refractivity contribution in [1.29, 1.82) is 0 Å². The number of carbonyl (C=O) groups excluding carboxylic acids is 1. The third-order valence-corrected chi connectivity index (χ3v) is 4.89. The first-order valence-electron chi connectivity index (χ1n) is 9.56. The highest BCUT2D eigenvalue weighted by Gasteiger charge is 2.14. The molecule has 0 spiro atoms. The Morgan fingerprint density at radius 1 is 1.00 bits per heavy atom. The molecule has 1 saturated heterocycles. The predicted octanol–water partition coefficient (Wildman–Crippen LogP) is 5.45. The van der Waals surface area contributed by atoms with Gasteiger partial charge in [0.1, 0.15) is 0 Å². The quantitative estimate of drug-likeness (QED) is 0.729. The lowest BCUT2D eigenvalue weighted by Gasteiger charge is -2.30. The van der Waals surface area contributed by atoms with Gasteiger partial charge in [0.2, 0.25) is 5.91 Å². The summed E-state index contributed by atoms with van der Waals surface area (Å²) in [5, 5.41) is 3.04. The minimum Gasteiger partial charge on any atom is -0.370 e. The number of hydrogen-bond donors (Lipinski definition) is 1. The van der Waals surface area contributed by atoms with Crippen molar-refractivity contribution in [3.63, 3.8) is 0 Å². The molecule has 3 heteroatoms. The van der Waals surface area contributed by atoms with Crippen LogP contribution in [0.4, 0.5) is 11.4 Å². The van der Waals surface area contributed by atoms with E-state index in [1.54, 1.807) is 6.08 Å². The highest BCUT2D eigenvalue weighted by molar-refractivity contribution is 6.03. The van der Waals surface area contributed by atoms with Gasteiger partial charge in [-0.1, -0.05) is 50.2 Å². The maximum absolute atomic E-state index is 12.4. The van der Waals surface area contributed by atoms with Crippen molar-refractivity contribution in [2.24, 2.45) is 0 Å². The van der Waals surface area contributed by atoms with Gasteiger partial charge in [-0.3, -0.25) is 4.79 Å². The van der Waals surface area contributed by atoms with E-state index in [1.165, 1.54) is 24.8 Å². The van der Waals surface area contributed by atoms with Gasteiger partial charge in [0, 0.05) is 19.2 Å². The first-order chi connectivity index (χ1) is 12.6. The molecule has 0 bridgehead atoms. The van der Waals surface area contributed by atoms with Crippen molar-refractivity contribution in [3.05, 3.63) is 65.7 Å². The molecule has 1 aliphatic heterocycles. The number of anilines is 2. The topological polar surface area (TPSA) is 32.3 Å². The summed E-state index contributed by atoms with van der Waals surface area (Å²) < 4.78 is 0. The summed E-state index contributed by atoms with van der Waals surface area (Å²) in [7, 11) is 0. The van der Waals surface area contributed by atoms with Gasteiger partial charge in [0.05, 0.1) is 11.4 Å². The van der Waals surface area contributed by atoms with Gasteiger partial charge in [-0.15, -0.1) is 0 Å². The lowest BCUT2D eigenvalue weighted by molar-refractivity contribution is -0.111. The standard InChI is InChI=1S/C23H28N2O/c1-18(2)20-13-10-19(11-14-20)12-15-23(26)24-21-8-4-5-9-22(21)25-16-6-3-7-17-25/h4-5,8-15,18H,3,6-7,16-17H2,1-2H3,(H,24,26)/b15-12+. The van der Waals surface area contributed by atoms with Crippen LogP contribution in [0, 0.1) is 0 Å². The third kappa shape index (κ3) is 4.75. The molecular weight excluding hydrogens is 320 g/mol. The number of benzene rings is 2. The zero-order chi connectivity index (χ0) is 18.4. The van der Waals surface area contributed by atoms with Crippen LogP contribution in [0.5, 0.6) is 0 Å². The molecule has 0 aromatic heterocycles. The molecule has 0 unspecified atom stereocenters. The van der Waals surface area contributed by atoms with Gasteiger partial charge >= 0.3 is 0 Å². The Morgan fingerprint density at radius 2 is 1.69 bits per heavy atom. The second-order valence-electron chi connectivity index (χ2n) is 7.21. The minimum atomic E-state index is -0.0950. The number of para-hydroxylation sites is 2. The molecule has 2 aromatic carbocycles. The molecule has 1 amide bonds. The van der Waals surface area contributed by atoms with Crippen molar-refractivity contribution >= 4 is 23.4 Å². The summed E-state index contributed by atoms with van der Waals surface area (Å²) in [5.74, 6) is 0.421. The monoisotopic (exact) mass is 348 g/mol. The fraction of sp³-hybridized carbons (Fsp3) is 0.348. The number of rotatable bonds is 5. The van der Waals surface area contributed by atoms with E-state index in [4.69, 9.17) is 0 Å². The number of nitrogens with one attached hydrogen (secondary N) is 1. The molecule has 1 heterocycles. The fourth-order valence-electron chi connectivity index (χ4n) is 3.33. The second-order valence-corrected chi connectivity index (χ2v) is 7.21. The van der Waals surface area contributed by atoms with E-state index in [9.17, 15) is 4.79 Å². The highest BCUT2D eigenvalue weighted by atomic mass is 16.1. The van der Waals surface area contributed by atoms with Crippen LogP contribution in [0.3, 0.4) is 0 Å². The summed E-state index contributed by atoms with van der Waals surface area (Å²) in [4.78, 5) is 14.7. The maximum atomic E-state index is 12.4. The number of amides is 1. The summed E-state index contributed by atoms with van der Waals surface area (Å²) in [6.45, 7) is 6.48. The molecule has 136 valence electrons. The third-order valence-electron chi connectivity index (χ3n) is 4.89. The van der Waals surface area contributed by atoms with Crippen LogP contribution in [0.2, 0.25) is 0 Å². The molecule has 3 rings (SSSR count). The number of piperidine rings is 1. The number of nitrogens with zero attached hydrogens (tertiary/aromatic N) is 1. The Kier molecular flexibility index (Phi) is 6.11. The maximum Gasteiger partial charge on any atom is 0.248 e. The Morgan fingerprint density at radius 3 is 2.38 bits per heavy atom. The number of carbonyl (C=O) groups is 1. The van der Waals surface area contributed by atoms with Crippen LogP contribution < -0.4 is 10.2 Å². The van der Waals surface area contributed by atoms with Crippen molar-refractivity contribution in [2.75, 3.05) is 23.3 Å². The number of hydrogen-bond acceptors (Lipinski definition) is 2. The molecule has 2 aromatic rings. The van der Waals surface area contributed by atoms with E-state index in [0.717, 1.165) is 30.0 Å². The van der Waals surface area contributed by atoms with E-state index >= 15 is 0 Å². The zero-order valence-electron chi connectivity index (χ0n) is 15.7. The molecule has 1 fully saturated rings. The molecule has 3 nitrogen and oxygen atoms in total. The molecule has 0 aliphatic carbocycles. The molecule has 1 aliphatic rings. The van der Waals surface area contributed by atoms with E-state index < -0.39 is 0 Å². The van der Waals surface area contributed by atoms with E-state index in [2.05, 4.69) is 54.4 Å². The first-order valence-corrected chi connectivity index (χ1v) is 9.56. The largest absolute Gasteiger partial charge is 0.370 e. The van der Waals surface area contributed by atoms with E-state index in [1.807, 2.05) is 24.3 Å². The summed E-state index contributed by atoms with van der Waals surface area (Å²) in [6.07, 6.45) is 7.20. The van der Waals surface area contributed by atoms with Crippen LogP contribution in [-0.4, -0.2) is 19.0 Å². The van der Waals surface area contributed by atoms with Gasteiger partial charge in [-0.05, 0) is 54.5 Å². The fourth-order valence-corrected chi connectivity index (χ4v) is 3.33. The minimum absolute atomic E-state index is 0.0950. The van der Waals surface area contributed by atoms with Crippen LogP contribution in [0.25, 0.3) is 6.08 Å². The zero-order valence-corrected chi connectivity index (χ0v) is 15.7. The Hall–Kier alpha value is -2.55. The van der Waals surface area contributed by atoms with Crippen LogP contribution in [0.1, 0.15) is 50.2 Å². The average Bonchev–Trinajstić information content (AvgIpc) is 2.68. The molecule has 0 saturated carbocycles. The molecule has 0 radical (unpaired) electrons. The smallest absolute Gasteiger partial charge is 0.248 e. The Balaban J connectivity index is 1.66. The van der Waals surface area contributed by atoms with Crippen molar-refractivity contribution in [1.82, 2.24) is 0 Å². The van der Waals surface area contributed by atoms with Crippen LogP contribution >= 0.6 is 0 Å². The van der Waals surface area contributed by atoms with Crippen molar-refractivity contribution in [2.45, 2.75) is 39.0 Å². The average molecular weight is 348 g/mol. The van der Waals surface area contributed by atoms with Crippen LogP contribution in [-0.2, 0) is 4.79 Å². The van der Waals surface area contributed by atoms with Crippen molar-refractivity contribution < 1.29 is 4.79 Å². The van der Waals surface area contributed by atoms with Crippen LogP contribution in [0.15, 0.2) is 54.6 Å². The molecular formula is C23H28N2O. The van der Waals surface area contributed by atoms with E-state index in [0.29, 0.717) is 5.92 Å². The summed E-state index contributed by atoms with van der Waals surface area (Å²) in [5.41, 5.74) is 4.35. The predicted molar refractivity (Wildman–Crippen MR) is 111 cm³/mol. The van der Waals surface area contributed by atoms with Gasteiger partial charge in [-0.2, -0.15) is 0 Å². The molecule has 26 heavy (non-hydrogen) atoms. The van der Waals surface area contributed by atoms with Gasteiger partial charge in [0.15, 0.2) is 0 Å². The van der Waals surface area contributed by atoms with Gasteiger partial charge in [-0.25, -0.2) is 0 Å². The lowest BCUT2D eigenvalue weighted by Crippen LogP contribution is -2.30. The molecule has 0 atom stereocenters.